The number of esters is 1. The monoisotopic (exact) mass is 1110 g/mol. The highest BCUT2D eigenvalue weighted by Gasteiger charge is 2.48. The van der Waals surface area contributed by atoms with Gasteiger partial charge in [-0.05, 0) is 51.4 Å². The number of unbranched alkanes of at least 4 members (excludes halogenated alkanes) is 39. The van der Waals surface area contributed by atoms with E-state index in [-0.39, 0.29) is 19.6 Å². The van der Waals surface area contributed by atoms with Gasteiger partial charge in [0.25, 0.3) is 0 Å². The summed E-state index contributed by atoms with van der Waals surface area (Å²) >= 11 is 0. The highest BCUT2D eigenvalue weighted by Crippen LogP contribution is 2.26. The van der Waals surface area contributed by atoms with Crippen LogP contribution in [0.5, 0.6) is 0 Å². The van der Waals surface area contributed by atoms with Crippen molar-refractivity contribution < 1.29 is 56.2 Å². The molecule has 0 aromatic rings. The Hall–Kier alpha value is -1.68. The van der Waals surface area contributed by atoms with Crippen LogP contribution in [0, 0.1) is 0 Å². The van der Waals surface area contributed by atoms with Crippen molar-refractivity contribution in [2.75, 3.05) is 26.4 Å². The maximum absolute atomic E-state index is 13.0. The van der Waals surface area contributed by atoms with Crippen molar-refractivity contribution >= 4 is 16.4 Å². The number of aliphatic hydroxyl groups is 3. The van der Waals surface area contributed by atoms with E-state index in [1.807, 2.05) is 0 Å². The average molecular weight is 1110 g/mol. The smallest absolute Gasteiger partial charge is 0.397 e. The van der Waals surface area contributed by atoms with E-state index in [1.165, 1.54) is 218 Å². The van der Waals surface area contributed by atoms with Crippen molar-refractivity contribution in [2.24, 2.45) is 0 Å². The van der Waals surface area contributed by atoms with Gasteiger partial charge in [-0.1, -0.05) is 281 Å². The largest absolute Gasteiger partial charge is 0.457 e. The van der Waals surface area contributed by atoms with Crippen LogP contribution in [-0.4, -0.2) is 97.5 Å². The molecule has 454 valence electrons. The molecule has 1 fully saturated rings. The number of ether oxygens (including phenoxy) is 4. The number of hydrogen-bond acceptors (Lipinski definition) is 11. The maximum Gasteiger partial charge on any atom is 0.397 e. The topological polar surface area (TPSA) is 178 Å². The number of carbonyl (C=O) groups is 1. The number of carbonyl (C=O) groups excluding carboxylic acids is 1. The highest BCUT2D eigenvalue weighted by molar-refractivity contribution is 7.80. The number of rotatable bonds is 58. The summed E-state index contributed by atoms with van der Waals surface area (Å²) in [5.41, 5.74) is 0. The lowest BCUT2D eigenvalue weighted by molar-refractivity contribution is -0.301. The summed E-state index contributed by atoms with van der Waals surface area (Å²) in [6.45, 7) is 4.05. The van der Waals surface area contributed by atoms with Gasteiger partial charge < -0.3 is 34.3 Å². The molecule has 0 bridgehead atoms. The van der Waals surface area contributed by atoms with E-state index in [9.17, 15) is 33.1 Å². The average Bonchev–Trinajstić information content (AvgIpc) is 3.42. The van der Waals surface area contributed by atoms with E-state index >= 15 is 0 Å². The van der Waals surface area contributed by atoms with E-state index in [0.29, 0.717) is 13.0 Å². The molecule has 1 saturated heterocycles. The second-order valence-corrected chi connectivity index (χ2v) is 23.4. The van der Waals surface area contributed by atoms with Gasteiger partial charge in [0.05, 0.1) is 19.8 Å². The van der Waals surface area contributed by atoms with Gasteiger partial charge in [0.2, 0.25) is 0 Å². The van der Waals surface area contributed by atoms with Crippen LogP contribution >= 0.6 is 0 Å². The van der Waals surface area contributed by atoms with Crippen LogP contribution in [0.25, 0.3) is 0 Å². The van der Waals surface area contributed by atoms with Crippen LogP contribution in [0.1, 0.15) is 303 Å². The summed E-state index contributed by atoms with van der Waals surface area (Å²) in [6.07, 6.45) is 60.5. The molecule has 77 heavy (non-hydrogen) atoms. The van der Waals surface area contributed by atoms with E-state index in [1.54, 1.807) is 0 Å². The van der Waals surface area contributed by atoms with Gasteiger partial charge in [-0.3, -0.25) is 9.35 Å². The first kappa shape index (κ1) is 73.3. The van der Waals surface area contributed by atoms with Gasteiger partial charge in [-0.25, -0.2) is 4.18 Å². The van der Waals surface area contributed by atoms with E-state index in [0.717, 1.165) is 57.8 Å². The number of hydrogen-bond donors (Lipinski definition) is 4. The molecule has 13 heteroatoms. The van der Waals surface area contributed by atoms with Gasteiger partial charge in [0, 0.05) is 13.0 Å². The zero-order valence-corrected chi connectivity index (χ0v) is 50.4. The summed E-state index contributed by atoms with van der Waals surface area (Å²) in [6, 6.07) is 0. The van der Waals surface area contributed by atoms with Crippen molar-refractivity contribution in [3.05, 3.63) is 36.5 Å². The van der Waals surface area contributed by atoms with Crippen LogP contribution < -0.4 is 0 Å². The third kappa shape index (κ3) is 47.6. The normalized spacial score (nSPS) is 18.6. The Balaban J connectivity index is 2.24. The minimum Gasteiger partial charge on any atom is -0.457 e. The highest BCUT2D eigenvalue weighted by atomic mass is 32.3. The Bertz CT molecular complexity index is 1470. The molecule has 0 aromatic carbocycles. The lowest BCUT2D eigenvalue weighted by atomic mass is 9.99. The van der Waals surface area contributed by atoms with Gasteiger partial charge in [0.15, 0.2) is 6.29 Å². The fourth-order valence-electron chi connectivity index (χ4n) is 10.2. The number of aliphatic hydroxyl groups excluding tert-OH is 3. The van der Waals surface area contributed by atoms with Gasteiger partial charge in [0.1, 0.15) is 30.5 Å². The molecule has 12 nitrogen and oxygen atoms in total. The molecule has 6 unspecified atom stereocenters. The first-order chi connectivity index (χ1) is 37.6. The Labute approximate surface area is 473 Å². The third-order valence-corrected chi connectivity index (χ3v) is 15.5. The zero-order chi connectivity index (χ0) is 56.0. The minimum absolute atomic E-state index is 0.0386. The molecule has 6 atom stereocenters. The van der Waals surface area contributed by atoms with Crippen molar-refractivity contribution in [2.45, 2.75) is 340 Å². The predicted molar refractivity (Wildman–Crippen MR) is 317 cm³/mol. The molecule has 1 rings (SSSR count). The molecule has 1 heterocycles. The van der Waals surface area contributed by atoms with E-state index < -0.39 is 59.8 Å². The summed E-state index contributed by atoms with van der Waals surface area (Å²) in [5, 5.41) is 30.9. The second kappa shape index (κ2) is 54.9. The van der Waals surface area contributed by atoms with Crippen LogP contribution in [0.4, 0.5) is 0 Å². The summed E-state index contributed by atoms with van der Waals surface area (Å²) in [7, 11) is -5.07. The lowest BCUT2D eigenvalue weighted by Gasteiger charge is -2.41. The molecule has 1 aliphatic rings. The second-order valence-electron chi connectivity index (χ2n) is 22.4. The van der Waals surface area contributed by atoms with Gasteiger partial charge in [-0.2, -0.15) is 8.42 Å². The van der Waals surface area contributed by atoms with Gasteiger partial charge >= 0.3 is 16.4 Å². The molecule has 4 N–H and O–H groups in total. The third-order valence-electron chi connectivity index (χ3n) is 15.0. The Morgan fingerprint density at radius 1 is 0.494 bits per heavy atom. The van der Waals surface area contributed by atoms with Crippen LogP contribution in [-0.2, 0) is 38.3 Å². The summed E-state index contributed by atoms with van der Waals surface area (Å²) in [5.74, 6) is -0.397. The molecule has 0 aromatic heterocycles. The molecule has 0 spiro atoms. The van der Waals surface area contributed by atoms with Crippen molar-refractivity contribution in [1.29, 1.82) is 0 Å². The summed E-state index contributed by atoms with van der Waals surface area (Å²) < 4.78 is 59.6. The molecule has 0 aliphatic carbocycles. The fourth-order valence-corrected chi connectivity index (χ4v) is 10.7. The van der Waals surface area contributed by atoms with Crippen molar-refractivity contribution in [3.63, 3.8) is 0 Å². The Morgan fingerprint density at radius 2 is 0.857 bits per heavy atom. The van der Waals surface area contributed by atoms with Crippen molar-refractivity contribution in [3.8, 4) is 0 Å². The first-order valence-corrected chi connectivity index (χ1v) is 33.6. The van der Waals surface area contributed by atoms with Crippen LogP contribution in [0.15, 0.2) is 36.5 Å². The van der Waals surface area contributed by atoms with Gasteiger partial charge in [-0.15, -0.1) is 0 Å². The SMILES string of the molecule is CCCCCCC/C=C\C/C=C\C/C=C\CCCCCCCCCCCCC(=O)OC(COCCCCCCCCCCCCCCCCCCCCCCCCCCC)COC1OC(CO)C(O)C(OS(=O)(=O)O)C1O. The van der Waals surface area contributed by atoms with E-state index in [4.69, 9.17) is 18.9 Å². The Kier molecular flexibility index (Phi) is 52.3. The first-order valence-electron chi connectivity index (χ1n) is 32.2. The predicted octanol–water partition coefficient (Wildman–Crippen LogP) is 16.8. The Morgan fingerprint density at radius 3 is 1.25 bits per heavy atom. The molecule has 0 saturated carbocycles. The minimum atomic E-state index is -5.07. The molecule has 0 radical (unpaired) electrons. The zero-order valence-electron chi connectivity index (χ0n) is 49.5. The number of allylic oxidation sites excluding steroid dienone is 6. The maximum atomic E-state index is 13.0. The summed E-state index contributed by atoms with van der Waals surface area (Å²) in [4.78, 5) is 13.0. The molecular formula is C64H120O12S. The van der Waals surface area contributed by atoms with Crippen molar-refractivity contribution in [1.82, 2.24) is 0 Å². The molecular weight excluding hydrogens is 993 g/mol. The van der Waals surface area contributed by atoms with E-state index in [2.05, 4.69) is 54.5 Å². The molecule has 0 amide bonds. The fraction of sp³-hybridized carbons (Fsp3) is 0.891. The standard InChI is InChI=1S/C64H120O12S/c1-3-5-7-9-11-13-15-17-19-21-23-25-27-29-31-33-35-37-39-41-43-45-47-49-51-53-60(66)74-58(57-73-64-62(68)63(76-77(69,70)71)61(67)59(55-65)75-64)56-72-54-52-50-48-46-44-42-40-38-36-34-32-30-28-26-24-22-20-18-16-14-12-10-8-6-4-2/h15,17,21,23,27,29,58-59,61-65,67-68H,3-14,16,18-20,22,24-26,28,30-57H2,1-2H3,(H,69,70,71)/b17-15-,23-21-,29-27-. The van der Waals surface area contributed by atoms with Crippen LogP contribution in [0.2, 0.25) is 0 Å². The van der Waals surface area contributed by atoms with Crippen LogP contribution in [0.3, 0.4) is 0 Å². The quantitative estimate of drug-likeness (QED) is 0.0196. The lowest BCUT2D eigenvalue weighted by Crippen LogP contribution is -2.60. The molecule has 1 aliphatic heterocycles.